The minimum absolute atomic E-state index is 0.00322. The number of nitrogens with zero attached hydrogens (tertiary/aromatic N) is 1. The van der Waals surface area contributed by atoms with Crippen LogP contribution < -0.4 is 10.7 Å². The molecule has 7 heteroatoms. The van der Waals surface area contributed by atoms with Gasteiger partial charge < -0.3 is 19.9 Å². The van der Waals surface area contributed by atoms with E-state index >= 15 is 0 Å². The number of carbonyl (C=O) groups is 2. The average Bonchev–Trinajstić information content (AvgIpc) is 2.60. The lowest BCUT2D eigenvalue weighted by molar-refractivity contribution is -0.137. The molecule has 2 heterocycles. The van der Waals surface area contributed by atoms with Gasteiger partial charge >= 0.3 is 0 Å². The largest absolute Gasteiger partial charge is 0.377 e. The Morgan fingerprint density at radius 1 is 1.38 bits per heavy atom. The normalized spacial score (nSPS) is 17.7. The van der Waals surface area contributed by atoms with E-state index in [1.54, 1.807) is 29.2 Å². The van der Waals surface area contributed by atoms with Crippen LogP contribution in [0.25, 0.3) is 10.9 Å². The van der Waals surface area contributed by atoms with E-state index in [0.29, 0.717) is 30.7 Å². The van der Waals surface area contributed by atoms with Gasteiger partial charge in [0.15, 0.2) is 0 Å². The summed E-state index contributed by atoms with van der Waals surface area (Å²) in [4.78, 5) is 41.4. The molecule has 2 amide bonds. The summed E-state index contributed by atoms with van der Waals surface area (Å²) in [6, 6.07) is 6.95. The Bertz CT molecular complexity index is 830. The van der Waals surface area contributed by atoms with Gasteiger partial charge in [-0.25, -0.2) is 0 Å². The topological polar surface area (TPSA) is 91.5 Å². The molecule has 126 valence electrons. The van der Waals surface area contributed by atoms with Gasteiger partial charge in [-0.15, -0.1) is 0 Å². The summed E-state index contributed by atoms with van der Waals surface area (Å²) in [5, 5.41) is 2.97. The Morgan fingerprint density at radius 2 is 2.17 bits per heavy atom. The summed E-state index contributed by atoms with van der Waals surface area (Å²) in [5.74, 6) is -0.743. The number of carbonyl (C=O) groups excluding carboxylic acids is 2. The molecule has 0 bridgehead atoms. The molecule has 0 spiro atoms. The number of benzene rings is 1. The van der Waals surface area contributed by atoms with Gasteiger partial charge in [0, 0.05) is 23.6 Å². The second kappa shape index (κ2) is 6.84. The highest BCUT2D eigenvalue weighted by Crippen LogP contribution is 2.08. The fraction of sp³-hybridized carbons (Fsp3) is 0.353. The first-order valence-corrected chi connectivity index (χ1v) is 7.84. The van der Waals surface area contributed by atoms with Crippen LogP contribution in [0, 0.1) is 0 Å². The maximum absolute atomic E-state index is 12.4. The minimum atomic E-state index is -0.559. The van der Waals surface area contributed by atoms with Crippen LogP contribution in [-0.4, -0.2) is 54.0 Å². The number of nitrogens with one attached hydrogen (secondary N) is 2. The zero-order valence-electron chi connectivity index (χ0n) is 13.4. The average molecular weight is 329 g/mol. The van der Waals surface area contributed by atoms with Gasteiger partial charge in [-0.2, -0.15) is 0 Å². The second-order valence-corrected chi connectivity index (χ2v) is 5.77. The van der Waals surface area contributed by atoms with Crippen LogP contribution in [0.15, 0.2) is 35.3 Å². The lowest BCUT2D eigenvalue weighted by atomic mass is 10.1. The lowest BCUT2D eigenvalue weighted by Crippen LogP contribution is -2.50. The van der Waals surface area contributed by atoms with E-state index < -0.39 is 5.91 Å². The monoisotopic (exact) mass is 329 g/mol. The predicted octanol–water partition coefficient (Wildman–Crippen LogP) is 0.505. The van der Waals surface area contributed by atoms with Gasteiger partial charge in [-0.3, -0.25) is 14.4 Å². The molecule has 2 aromatic rings. The Labute approximate surface area is 138 Å². The van der Waals surface area contributed by atoms with E-state index in [9.17, 15) is 14.4 Å². The van der Waals surface area contributed by atoms with Gasteiger partial charge in [0.1, 0.15) is 5.56 Å². The summed E-state index contributed by atoms with van der Waals surface area (Å²) in [6.07, 6.45) is 1.38. The van der Waals surface area contributed by atoms with Crippen molar-refractivity contribution in [1.82, 2.24) is 15.2 Å². The number of aromatic nitrogens is 1. The standard InChI is InChI=1S/C17H19N3O4/c1-11-10-24-7-6-20(11)15(21)9-19-17(23)13-8-18-14-5-3-2-4-12(14)16(13)22/h2-5,8,11H,6-7,9-10H2,1H3,(H,18,22)(H,19,23)/t11-/m0/s1. The van der Waals surface area contributed by atoms with Crippen molar-refractivity contribution in [3.63, 3.8) is 0 Å². The molecule has 1 aliphatic heterocycles. The van der Waals surface area contributed by atoms with Crippen LogP contribution in [0.5, 0.6) is 0 Å². The summed E-state index contributed by atoms with van der Waals surface area (Å²) >= 11 is 0. The van der Waals surface area contributed by atoms with Crippen LogP contribution in [0.1, 0.15) is 17.3 Å². The predicted molar refractivity (Wildman–Crippen MR) is 88.9 cm³/mol. The molecule has 1 saturated heterocycles. The van der Waals surface area contributed by atoms with Gasteiger partial charge in [-0.05, 0) is 19.1 Å². The summed E-state index contributed by atoms with van der Waals surface area (Å²) < 4.78 is 5.29. The maximum Gasteiger partial charge on any atom is 0.257 e. The third kappa shape index (κ3) is 3.16. The minimum Gasteiger partial charge on any atom is -0.377 e. The number of hydrogen-bond acceptors (Lipinski definition) is 4. The Morgan fingerprint density at radius 3 is 2.96 bits per heavy atom. The third-order valence-electron chi connectivity index (χ3n) is 4.12. The van der Waals surface area contributed by atoms with Crippen molar-refractivity contribution in [3.05, 3.63) is 46.2 Å². The first-order valence-electron chi connectivity index (χ1n) is 7.84. The molecule has 2 N–H and O–H groups in total. The van der Waals surface area contributed by atoms with Crippen molar-refractivity contribution in [1.29, 1.82) is 0 Å². The number of para-hydroxylation sites is 1. The van der Waals surface area contributed by atoms with Crippen molar-refractivity contribution in [2.45, 2.75) is 13.0 Å². The van der Waals surface area contributed by atoms with Crippen molar-refractivity contribution < 1.29 is 14.3 Å². The van der Waals surface area contributed by atoms with E-state index in [2.05, 4.69) is 10.3 Å². The molecule has 1 atom stereocenters. The van der Waals surface area contributed by atoms with Crippen LogP contribution in [0.2, 0.25) is 0 Å². The molecule has 0 saturated carbocycles. The molecule has 1 aliphatic rings. The number of amides is 2. The first kappa shape index (κ1) is 16.2. The van der Waals surface area contributed by atoms with Crippen LogP contribution in [-0.2, 0) is 9.53 Å². The van der Waals surface area contributed by atoms with Crippen LogP contribution in [0.3, 0.4) is 0 Å². The number of ether oxygens (including phenoxy) is 1. The lowest BCUT2D eigenvalue weighted by Gasteiger charge is -2.33. The van der Waals surface area contributed by atoms with Crippen molar-refractivity contribution >= 4 is 22.7 Å². The fourth-order valence-electron chi connectivity index (χ4n) is 2.79. The van der Waals surface area contributed by atoms with Crippen LogP contribution >= 0.6 is 0 Å². The number of pyridine rings is 1. The van der Waals surface area contributed by atoms with E-state index in [1.165, 1.54) is 6.20 Å². The highest BCUT2D eigenvalue weighted by molar-refractivity contribution is 5.98. The van der Waals surface area contributed by atoms with Crippen molar-refractivity contribution in [2.75, 3.05) is 26.3 Å². The quantitative estimate of drug-likeness (QED) is 0.858. The number of aromatic amines is 1. The number of hydrogen-bond donors (Lipinski definition) is 2. The maximum atomic E-state index is 12.4. The molecular weight excluding hydrogens is 310 g/mol. The van der Waals surface area contributed by atoms with E-state index in [1.807, 2.05) is 6.92 Å². The molecule has 0 unspecified atom stereocenters. The van der Waals surface area contributed by atoms with Gasteiger partial charge in [0.05, 0.1) is 25.8 Å². The van der Waals surface area contributed by atoms with Crippen molar-refractivity contribution in [3.8, 4) is 0 Å². The van der Waals surface area contributed by atoms with Gasteiger partial charge in [0.2, 0.25) is 11.3 Å². The fourth-order valence-corrected chi connectivity index (χ4v) is 2.79. The Balaban J connectivity index is 1.70. The van der Waals surface area contributed by atoms with E-state index in [0.717, 1.165) is 0 Å². The van der Waals surface area contributed by atoms with Gasteiger partial charge in [0.25, 0.3) is 5.91 Å². The zero-order valence-corrected chi connectivity index (χ0v) is 13.4. The molecule has 0 radical (unpaired) electrons. The molecule has 7 nitrogen and oxygen atoms in total. The highest BCUT2D eigenvalue weighted by Gasteiger charge is 2.24. The smallest absolute Gasteiger partial charge is 0.257 e. The van der Waals surface area contributed by atoms with E-state index in [-0.39, 0.29) is 29.5 Å². The number of morpholine rings is 1. The number of H-pyrrole nitrogens is 1. The molecule has 3 rings (SSSR count). The number of rotatable bonds is 3. The molecule has 0 aliphatic carbocycles. The second-order valence-electron chi connectivity index (χ2n) is 5.77. The molecular formula is C17H19N3O4. The molecule has 24 heavy (non-hydrogen) atoms. The Hall–Kier alpha value is -2.67. The molecule has 1 aromatic heterocycles. The van der Waals surface area contributed by atoms with Crippen molar-refractivity contribution in [2.24, 2.45) is 0 Å². The van der Waals surface area contributed by atoms with Crippen LogP contribution in [0.4, 0.5) is 0 Å². The third-order valence-corrected chi connectivity index (χ3v) is 4.12. The summed E-state index contributed by atoms with van der Waals surface area (Å²) in [5.41, 5.74) is 0.308. The summed E-state index contributed by atoms with van der Waals surface area (Å²) in [6.45, 7) is 3.24. The Kier molecular flexibility index (Phi) is 4.61. The summed E-state index contributed by atoms with van der Waals surface area (Å²) in [7, 11) is 0. The zero-order chi connectivity index (χ0) is 17.1. The number of fused-ring (bicyclic) bond motifs is 1. The van der Waals surface area contributed by atoms with Gasteiger partial charge in [-0.1, -0.05) is 12.1 Å². The first-order chi connectivity index (χ1) is 11.6. The molecule has 1 fully saturated rings. The highest BCUT2D eigenvalue weighted by atomic mass is 16.5. The molecule has 1 aromatic carbocycles. The SMILES string of the molecule is C[C@H]1COCCN1C(=O)CNC(=O)c1c[nH]c2ccccc2c1=O. The van der Waals surface area contributed by atoms with E-state index in [4.69, 9.17) is 4.74 Å².